The van der Waals surface area contributed by atoms with Crippen molar-refractivity contribution in [1.29, 1.82) is 5.26 Å². The van der Waals surface area contributed by atoms with E-state index in [-0.39, 0.29) is 23.4 Å². The van der Waals surface area contributed by atoms with Crippen molar-refractivity contribution in [2.45, 2.75) is 11.3 Å². The number of anilines is 1. The van der Waals surface area contributed by atoms with Crippen LogP contribution in [0.5, 0.6) is 0 Å². The summed E-state index contributed by atoms with van der Waals surface area (Å²) in [6, 6.07) is 10.9. The van der Waals surface area contributed by atoms with Crippen LogP contribution in [0.2, 0.25) is 5.02 Å². The average Bonchev–Trinajstić information content (AvgIpc) is 3.08. The molecule has 0 saturated heterocycles. The molecule has 0 atom stereocenters. The maximum Gasteiger partial charge on any atom is 0.240 e. The summed E-state index contributed by atoms with van der Waals surface area (Å²) in [5.74, 6) is -1.22. The smallest absolute Gasteiger partial charge is 0.240 e. The van der Waals surface area contributed by atoms with Crippen LogP contribution in [-0.2, 0) is 21.2 Å². The number of carbonyl (C=O) groups excluding carboxylic acids is 1. The van der Waals surface area contributed by atoms with E-state index in [4.69, 9.17) is 16.7 Å². The van der Waals surface area contributed by atoms with Crippen molar-refractivity contribution >= 4 is 33.2 Å². The lowest BCUT2D eigenvalue weighted by Gasteiger charge is -2.13. The first kappa shape index (κ1) is 20.5. The number of hydrogen-bond donors (Lipinski definition) is 2. The lowest BCUT2D eigenvalue weighted by atomic mass is 10.1. The number of carbonyl (C=O) groups is 1. The van der Waals surface area contributed by atoms with Crippen molar-refractivity contribution in [2.75, 3.05) is 5.32 Å². The van der Waals surface area contributed by atoms with Gasteiger partial charge in [0.15, 0.2) is 5.82 Å². The number of nitrogens with one attached hydrogen (secondary N) is 1. The predicted octanol–water partition coefficient (Wildman–Crippen LogP) is 2.37. The van der Waals surface area contributed by atoms with E-state index < -0.39 is 26.6 Å². The molecule has 0 spiro atoms. The number of sulfonamides is 1. The van der Waals surface area contributed by atoms with Crippen molar-refractivity contribution in [3.8, 4) is 11.8 Å². The SMILES string of the molecule is N#Cc1cc(NC(=O)Cc2ccccc2Cl)cc(S(N)(=O)=O)c1-n1cc(F)cn1. The normalized spacial score (nSPS) is 11.1. The summed E-state index contributed by atoms with van der Waals surface area (Å²) in [5, 5.41) is 21.3. The molecular weight excluding hydrogens is 421 g/mol. The fraction of sp³-hybridized carbons (Fsp3) is 0.0556. The average molecular weight is 434 g/mol. The Balaban J connectivity index is 2.02. The summed E-state index contributed by atoms with van der Waals surface area (Å²) in [6.07, 6.45) is 1.69. The predicted molar refractivity (Wildman–Crippen MR) is 103 cm³/mol. The fourth-order valence-corrected chi connectivity index (χ4v) is 3.63. The van der Waals surface area contributed by atoms with Crippen LogP contribution in [-0.4, -0.2) is 24.1 Å². The van der Waals surface area contributed by atoms with Crippen LogP contribution in [0.15, 0.2) is 53.7 Å². The van der Waals surface area contributed by atoms with Crippen molar-refractivity contribution < 1.29 is 17.6 Å². The number of aromatic nitrogens is 2. The van der Waals surface area contributed by atoms with E-state index >= 15 is 0 Å². The Kier molecular flexibility index (Phi) is 5.65. The molecule has 0 saturated carbocycles. The molecular formula is C18H13ClFN5O3S. The molecule has 2 aromatic carbocycles. The third-order valence-electron chi connectivity index (χ3n) is 3.87. The number of halogens is 2. The van der Waals surface area contributed by atoms with Gasteiger partial charge in [-0.25, -0.2) is 22.6 Å². The van der Waals surface area contributed by atoms with Crippen LogP contribution in [0, 0.1) is 17.1 Å². The second-order valence-corrected chi connectivity index (χ2v) is 7.88. The Morgan fingerprint density at radius 1 is 1.34 bits per heavy atom. The van der Waals surface area contributed by atoms with Gasteiger partial charge in [-0.05, 0) is 23.8 Å². The first-order valence-electron chi connectivity index (χ1n) is 8.04. The Hall–Kier alpha value is -3.26. The van der Waals surface area contributed by atoms with Crippen molar-refractivity contribution in [2.24, 2.45) is 5.14 Å². The van der Waals surface area contributed by atoms with E-state index in [2.05, 4.69) is 10.4 Å². The number of nitriles is 1. The molecule has 8 nitrogen and oxygen atoms in total. The van der Waals surface area contributed by atoms with Crippen LogP contribution in [0.1, 0.15) is 11.1 Å². The van der Waals surface area contributed by atoms with Gasteiger partial charge in [0.05, 0.1) is 24.4 Å². The second-order valence-electron chi connectivity index (χ2n) is 5.95. The van der Waals surface area contributed by atoms with Gasteiger partial charge in [0.25, 0.3) is 0 Å². The molecule has 0 bridgehead atoms. The van der Waals surface area contributed by atoms with E-state index in [0.29, 0.717) is 10.6 Å². The largest absolute Gasteiger partial charge is 0.326 e. The zero-order chi connectivity index (χ0) is 21.2. The molecule has 0 radical (unpaired) electrons. The van der Waals surface area contributed by atoms with Gasteiger partial charge in [0, 0.05) is 10.7 Å². The summed E-state index contributed by atoms with van der Waals surface area (Å²) in [5.41, 5.74) is 0.206. The van der Waals surface area contributed by atoms with Gasteiger partial charge in [-0.1, -0.05) is 29.8 Å². The number of amides is 1. The van der Waals surface area contributed by atoms with Gasteiger partial charge in [-0.15, -0.1) is 0 Å². The van der Waals surface area contributed by atoms with E-state index in [9.17, 15) is 22.9 Å². The number of hydrogen-bond acceptors (Lipinski definition) is 5. The van der Waals surface area contributed by atoms with Gasteiger partial charge in [0.2, 0.25) is 15.9 Å². The molecule has 0 aliphatic rings. The number of nitrogens with zero attached hydrogens (tertiary/aromatic N) is 3. The zero-order valence-corrected chi connectivity index (χ0v) is 16.2. The molecule has 0 aliphatic carbocycles. The van der Waals surface area contributed by atoms with Crippen LogP contribution in [0.3, 0.4) is 0 Å². The lowest BCUT2D eigenvalue weighted by Crippen LogP contribution is -2.19. The van der Waals surface area contributed by atoms with Crippen molar-refractivity contribution in [1.82, 2.24) is 9.78 Å². The Morgan fingerprint density at radius 2 is 2.07 bits per heavy atom. The molecule has 0 fully saturated rings. The minimum absolute atomic E-state index is 0.0269. The molecule has 148 valence electrons. The van der Waals surface area contributed by atoms with E-state index in [0.717, 1.165) is 23.1 Å². The monoisotopic (exact) mass is 433 g/mol. The maximum absolute atomic E-state index is 13.4. The molecule has 0 unspecified atom stereocenters. The molecule has 3 rings (SSSR count). The fourth-order valence-electron chi connectivity index (χ4n) is 2.66. The molecule has 11 heteroatoms. The standard InChI is InChI=1S/C18H13ClFN5O3S/c19-15-4-2-1-3-11(15)6-17(26)24-14-5-12(8-21)18(16(7-14)29(22,27)28)25-10-13(20)9-23-25/h1-5,7,9-10H,6H2,(H,24,26)(H2,22,27,28). The van der Waals surface area contributed by atoms with Crippen LogP contribution in [0.4, 0.5) is 10.1 Å². The van der Waals surface area contributed by atoms with Crippen molar-refractivity contribution in [3.63, 3.8) is 0 Å². The highest BCUT2D eigenvalue weighted by Gasteiger charge is 2.22. The summed E-state index contributed by atoms with van der Waals surface area (Å²) in [7, 11) is -4.34. The quantitative estimate of drug-likeness (QED) is 0.637. The van der Waals surface area contributed by atoms with E-state index in [1.54, 1.807) is 24.3 Å². The Bertz CT molecular complexity index is 1250. The van der Waals surface area contributed by atoms with Crippen LogP contribution in [0.25, 0.3) is 5.69 Å². The molecule has 1 aromatic heterocycles. The number of primary sulfonamides is 1. The highest BCUT2D eigenvalue weighted by molar-refractivity contribution is 7.89. The number of rotatable bonds is 5. The van der Waals surface area contributed by atoms with Gasteiger partial charge in [-0.3, -0.25) is 4.79 Å². The Labute approximate surface area is 170 Å². The van der Waals surface area contributed by atoms with E-state index in [1.807, 2.05) is 6.07 Å². The van der Waals surface area contributed by atoms with E-state index in [1.165, 1.54) is 6.07 Å². The first-order valence-corrected chi connectivity index (χ1v) is 9.96. The second kappa shape index (κ2) is 8.00. The molecule has 3 N–H and O–H groups in total. The third-order valence-corrected chi connectivity index (χ3v) is 5.17. The van der Waals surface area contributed by atoms with Gasteiger partial charge >= 0.3 is 0 Å². The summed E-state index contributed by atoms with van der Waals surface area (Å²) >= 11 is 6.04. The highest BCUT2D eigenvalue weighted by atomic mass is 35.5. The molecule has 0 aliphatic heterocycles. The first-order chi connectivity index (χ1) is 13.7. The number of benzene rings is 2. The Morgan fingerprint density at radius 3 is 2.66 bits per heavy atom. The van der Waals surface area contributed by atoms with Crippen LogP contribution < -0.4 is 10.5 Å². The minimum atomic E-state index is -4.34. The van der Waals surface area contributed by atoms with Gasteiger partial charge in [0.1, 0.15) is 16.7 Å². The third kappa shape index (κ3) is 4.60. The lowest BCUT2D eigenvalue weighted by molar-refractivity contribution is -0.115. The summed E-state index contributed by atoms with van der Waals surface area (Å²) < 4.78 is 38.4. The van der Waals surface area contributed by atoms with Crippen LogP contribution >= 0.6 is 11.6 Å². The summed E-state index contributed by atoms with van der Waals surface area (Å²) in [4.78, 5) is 11.9. The summed E-state index contributed by atoms with van der Waals surface area (Å²) in [6.45, 7) is 0. The van der Waals surface area contributed by atoms with Crippen molar-refractivity contribution in [3.05, 3.63) is 70.8 Å². The van der Waals surface area contributed by atoms with Gasteiger partial charge < -0.3 is 5.32 Å². The molecule has 1 heterocycles. The molecule has 1 amide bonds. The topological polar surface area (TPSA) is 131 Å². The minimum Gasteiger partial charge on any atom is -0.326 e. The molecule has 29 heavy (non-hydrogen) atoms. The highest BCUT2D eigenvalue weighted by Crippen LogP contribution is 2.28. The van der Waals surface area contributed by atoms with Gasteiger partial charge in [-0.2, -0.15) is 10.4 Å². The maximum atomic E-state index is 13.4. The zero-order valence-electron chi connectivity index (χ0n) is 14.6. The molecule has 3 aromatic rings. The number of nitrogens with two attached hydrogens (primary N) is 1.